The van der Waals surface area contributed by atoms with Crippen molar-refractivity contribution in [2.75, 3.05) is 52.2 Å². The fourth-order valence-corrected chi connectivity index (χ4v) is 11.0. The molecule has 0 N–H and O–H groups in total. The highest BCUT2D eigenvalue weighted by atomic mass is 32.2. The zero-order chi connectivity index (χ0) is 93.7. The molecule has 0 spiro atoms. The summed E-state index contributed by atoms with van der Waals surface area (Å²) in [6.45, 7) is -9.22. The molecule has 0 radical (unpaired) electrons. The van der Waals surface area contributed by atoms with Crippen molar-refractivity contribution in [2.24, 2.45) is 5.89 Å². The van der Waals surface area contributed by atoms with Crippen molar-refractivity contribution in [3.8, 4) is 22.3 Å². The molecule has 96 heavy (non-hydrogen) atoms. The molecule has 2 aliphatic rings. The van der Waals surface area contributed by atoms with Crippen LogP contribution in [0.15, 0.2) is 159 Å². The molecule has 2 aliphatic carbocycles. The smallest absolute Gasteiger partial charge is 0.336 e. The molecule has 508 valence electrons. The van der Waals surface area contributed by atoms with Crippen molar-refractivity contribution >= 4 is 35.3 Å². The monoisotopic (exact) mass is 1390 g/mol. The summed E-state index contributed by atoms with van der Waals surface area (Å²) in [6, 6.07) is 2.01. The van der Waals surface area contributed by atoms with Crippen LogP contribution in [-0.2, 0) is 85.1 Å². The van der Waals surface area contributed by atoms with Gasteiger partial charge in [0.1, 0.15) is 24.7 Å². The molecule has 2 amide bonds. The number of carbonyl (C=O) groups excluding carboxylic acids is 2. The van der Waals surface area contributed by atoms with E-state index in [1.165, 1.54) is 47.6 Å². The van der Waals surface area contributed by atoms with Crippen LogP contribution >= 0.6 is 23.5 Å². The summed E-state index contributed by atoms with van der Waals surface area (Å²) >= 11 is 0.249. The number of thioether (sulfide) groups is 2. The van der Waals surface area contributed by atoms with Crippen molar-refractivity contribution in [3.63, 3.8) is 0 Å². The number of aromatic nitrogens is 4. The molecule has 12 nitrogen and oxygen atoms in total. The maximum Gasteiger partial charge on any atom is 0.416 e. The summed E-state index contributed by atoms with van der Waals surface area (Å²) in [5, 5.41) is -1.27. The Morgan fingerprint density at radius 3 is 1.60 bits per heavy atom. The third-order valence-electron chi connectivity index (χ3n) is 14.7. The Kier molecular flexibility index (Phi) is 14.9. The minimum atomic E-state index is -5.21. The number of hydrogen-bond donors (Lipinski definition) is 0. The van der Waals surface area contributed by atoms with Gasteiger partial charge in [-0.15, -0.1) is 0 Å². The fourth-order valence-electron chi connectivity index (χ4n) is 9.59. The second-order valence-electron chi connectivity index (χ2n) is 21.2. The molecule has 1 unspecified atom stereocenters. The van der Waals surface area contributed by atoms with Gasteiger partial charge in [-0.25, -0.2) is 8.78 Å². The van der Waals surface area contributed by atoms with Gasteiger partial charge < -0.3 is 28.7 Å². The summed E-state index contributed by atoms with van der Waals surface area (Å²) in [6.07, 6.45) is -15.2. The Morgan fingerprint density at radius 2 is 1.06 bits per heavy atom. The minimum Gasteiger partial charge on any atom is -0.336 e. The molecule has 0 aliphatic heterocycles. The molecule has 0 saturated carbocycles. The average molecular weight is 1390 g/mol. The first kappa shape index (κ1) is 43.4. The quantitative estimate of drug-likeness (QED) is 0.0295. The molecule has 0 saturated heterocycles. The molecular weight excluding hydrogens is 1280 g/mol. The molecule has 2 heterocycles. The van der Waals surface area contributed by atoms with Gasteiger partial charge in [-0.1, -0.05) is 155 Å². The van der Waals surface area contributed by atoms with Crippen LogP contribution in [0.25, 0.3) is 22.3 Å². The van der Waals surface area contributed by atoms with E-state index in [0.717, 1.165) is 55.1 Å². The second kappa shape index (κ2) is 32.9. The molecule has 22 heteroatoms. The zero-order valence-electron chi connectivity index (χ0n) is 80.3. The Morgan fingerprint density at radius 1 is 0.573 bits per heavy atom. The number of benzene rings is 6. The van der Waals surface area contributed by atoms with Crippen molar-refractivity contribution in [1.82, 2.24) is 38.7 Å². The van der Waals surface area contributed by atoms with Gasteiger partial charge in [-0.05, 0) is 163 Å². The highest BCUT2D eigenvalue weighted by Crippen LogP contribution is 2.36. The van der Waals surface area contributed by atoms with Gasteiger partial charge in [-0.3, -0.25) is 19.2 Å². The third kappa shape index (κ3) is 19.0. The van der Waals surface area contributed by atoms with Crippen LogP contribution in [0.4, 0.5) is 35.1 Å². The van der Waals surface area contributed by atoms with E-state index in [9.17, 15) is 57.0 Å². The summed E-state index contributed by atoms with van der Waals surface area (Å²) < 4.78 is 356. The van der Waals surface area contributed by atoms with Gasteiger partial charge in [0.15, 0.2) is 10.3 Å². The molecule has 2 aromatic heterocycles. The molecule has 8 aromatic rings. The van der Waals surface area contributed by atoms with E-state index in [0.29, 0.717) is 32.6 Å². The van der Waals surface area contributed by atoms with Crippen molar-refractivity contribution in [3.05, 3.63) is 233 Å². The normalized spacial score (nSPS) is 20.5. The average Bonchev–Trinajstić information content (AvgIpc) is 1.51. The maximum absolute atomic E-state index is 15.0. The SMILES string of the molecule is [2H]c1c([2H])c(-c2c([2H])c([2H])c(C(F)(F)F)c(C)c2[2H])c([2H])c([2H])c1CN(C(=O)Cn1c(SC([2H])([2H])c2ccc(F)cc2)nc(=O)c2c1C([2H])([2H])C([2H])(C)C2([2H])[2H])C([2H])([2H])C([2H])([2H])N(CC)CC.[2H]c1c([2H])c(C([2H])([2H])Sc2nc(=O)c3c(n2CC(=O)N(Cc2ccc(-c4ccc(C(F)(F)F)cc4)cc2)C([2H])([2H])C([2H])([2H])N(CC)CC)CCC3)c([2H])c([2H])c1F. The van der Waals surface area contributed by atoms with Crippen LogP contribution in [0.2, 0.25) is 0 Å². The highest BCUT2D eigenvalue weighted by molar-refractivity contribution is 7.98. The number of carbonyl (C=O) groups is 2. The Labute approximate surface area is 603 Å². The number of rotatable bonds is 26. The molecule has 0 bridgehead atoms. The number of nitrogens with zero attached hydrogens (tertiary/aromatic N) is 8. The highest BCUT2D eigenvalue weighted by Gasteiger charge is 2.34. The zero-order valence-corrected chi connectivity index (χ0v) is 53.9. The van der Waals surface area contributed by atoms with Gasteiger partial charge in [0, 0.05) is 90.8 Å². The summed E-state index contributed by atoms with van der Waals surface area (Å²) in [7, 11) is 0. The van der Waals surface area contributed by atoms with Crippen molar-refractivity contribution in [1.29, 1.82) is 0 Å². The minimum absolute atomic E-state index is 0.0598. The first-order valence-electron chi connectivity index (χ1n) is 43.7. The maximum atomic E-state index is 15.0. The second-order valence-corrected chi connectivity index (χ2v) is 22.7. The van der Waals surface area contributed by atoms with E-state index < -0.39 is 256 Å². The fraction of sp³-hybridized carbons (Fsp3) is 0.378. The van der Waals surface area contributed by atoms with Crippen LogP contribution in [-0.4, -0.2) is 103 Å². The van der Waals surface area contributed by atoms with E-state index in [1.807, 2.05) is 0 Å². The number of hydrogen-bond acceptors (Lipinski definition) is 10. The largest absolute Gasteiger partial charge is 0.416 e. The Bertz CT molecular complexity index is 5520. The first-order chi connectivity index (χ1) is 56.9. The van der Waals surface area contributed by atoms with Gasteiger partial charge in [0.2, 0.25) is 11.8 Å². The standard InChI is InChI=1S/C38H42F4N4O2S.C36H38F4N4O2S/c1-5-44(6-2)17-18-45(22-27-7-11-29(12-8-27)30-13-16-33(26(4)21-30)38(40,41)42)35(47)23-46-34-20-25(3)19-32(34)36(48)43-37(46)49-24-28-9-14-31(39)15-10-28;1-3-42(4-2)20-21-43(22-25-8-12-27(13-9-25)28-14-16-29(17-15-28)36(38,39)40)33(45)23-44-32-7-5-6-31(32)34(46)41-35(44)47-24-26-10-18-30(37)19-11-26/h7-16,21,25H,5-6,17-20,22-24H2,1-4H3;8-19H,3-7,20-24H2,1-2H3/i7D,8D,11D,12D,13D,16D,17D2,18D2,19D2,20D2,21D,24D2,25D;10D,11D,18D,19D,20D2,21D2,24D2. The molecule has 6 aromatic carbocycles. The van der Waals surface area contributed by atoms with Crippen LogP contribution in [0.1, 0.15) is 141 Å². The number of halogens is 8. The van der Waals surface area contributed by atoms with Crippen LogP contribution in [0.5, 0.6) is 0 Å². The van der Waals surface area contributed by atoms with Crippen molar-refractivity contribution < 1.29 is 83.1 Å². The molecule has 1 atom stereocenters. The van der Waals surface area contributed by atoms with Crippen LogP contribution < -0.4 is 11.1 Å². The summed E-state index contributed by atoms with van der Waals surface area (Å²) in [5.41, 5.74) is -15.1. The van der Waals surface area contributed by atoms with E-state index in [4.69, 9.17) is 35.6 Å². The van der Waals surface area contributed by atoms with E-state index >= 15 is 0 Å². The third-order valence-corrected chi connectivity index (χ3v) is 16.3. The Hall–Kier alpha value is -7.92. The molecule has 10 rings (SSSR count). The Balaban J connectivity index is 0.000000285. The summed E-state index contributed by atoms with van der Waals surface area (Å²) in [5.74, 6) is -7.71. The van der Waals surface area contributed by atoms with Crippen LogP contribution in [0, 0.1) is 24.5 Å². The predicted octanol–water partition coefficient (Wildman–Crippen LogP) is 15.0. The number of likely N-dealkylation sites (N-methyl/N-ethyl adjacent to an activating group) is 2. The van der Waals surface area contributed by atoms with Gasteiger partial charge in [-0.2, -0.15) is 36.3 Å². The van der Waals surface area contributed by atoms with E-state index in [2.05, 4.69) is 9.97 Å². The topological polar surface area (TPSA) is 117 Å². The van der Waals surface area contributed by atoms with Crippen molar-refractivity contribution in [2.45, 2.75) is 134 Å². The lowest BCUT2D eigenvalue weighted by Gasteiger charge is -2.28. The summed E-state index contributed by atoms with van der Waals surface area (Å²) in [4.78, 5) is 67.1. The molecule has 0 fully saturated rings. The first-order valence-corrected chi connectivity index (χ1v) is 31.4. The number of fused-ring (bicyclic) bond motifs is 2. The van der Waals surface area contributed by atoms with E-state index in [-0.39, 0.29) is 84.3 Å². The predicted molar refractivity (Wildman–Crippen MR) is 362 cm³/mol. The van der Waals surface area contributed by atoms with Crippen LogP contribution in [0.3, 0.4) is 0 Å². The van der Waals surface area contributed by atoms with Gasteiger partial charge in [0.25, 0.3) is 11.1 Å². The number of alkyl halides is 6. The van der Waals surface area contributed by atoms with Gasteiger partial charge >= 0.3 is 12.4 Å². The lowest BCUT2D eigenvalue weighted by Crippen LogP contribution is -2.40. The lowest BCUT2D eigenvalue weighted by molar-refractivity contribution is -0.138. The van der Waals surface area contributed by atoms with E-state index in [1.54, 1.807) is 26.0 Å². The van der Waals surface area contributed by atoms with Gasteiger partial charge in [0.05, 0.1) is 31.7 Å². The molecular formula is C74H80F8N8O4S2. The number of amides is 2. The lowest BCUT2D eigenvalue weighted by atomic mass is 9.98.